The summed E-state index contributed by atoms with van der Waals surface area (Å²) in [6, 6.07) is 9.32. The Balaban J connectivity index is 0.00000288. The summed E-state index contributed by atoms with van der Waals surface area (Å²) >= 11 is 0. The second-order valence-electron chi connectivity index (χ2n) is 5.90. The number of benzene rings is 1. The molecule has 1 fully saturated rings. The van der Waals surface area contributed by atoms with E-state index in [2.05, 4.69) is 5.32 Å². The second-order valence-corrected chi connectivity index (χ2v) is 8.23. The van der Waals surface area contributed by atoms with E-state index in [0.717, 1.165) is 12.0 Å². The number of rotatable bonds is 6. The molecule has 136 valence electrons. The summed E-state index contributed by atoms with van der Waals surface area (Å²) in [5, 5.41) is 3.11. The number of halogens is 1. The fraction of sp³-hybridized carbons (Fsp3) is 0.562. The van der Waals surface area contributed by atoms with Crippen molar-refractivity contribution < 1.29 is 17.9 Å². The molecule has 24 heavy (non-hydrogen) atoms. The van der Waals surface area contributed by atoms with Gasteiger partial charge in [-0.25, -0.2) is 8.42 Å². The van der Waals surface area contributed by atoms with Gasteiger partial charge < -0.3 is 15.0 Å². The van der Waals surface area contributed by atoms with Crippen molar-refractivity contribution in [1.29, 1.82) is 0 Å². The van der Waals surface area contributed by atoms with Crippen LogP contribution in [-0.4, -0.2) is 63.5 Å². The van der Waals surface area contributed by atoms with Crippen LogP contribution in [0.3, 0.4) is 0 Å². The Morgan fingerprint density at radius 3 is 2.38 bits per heavy atom. The van der Waals surface area contributed by atoms with E-state index >= 15 is 0 Å². The van der Waals surface area contributed by atoms with E-state index in [1.165, 1.54) is 4.90 Å². The van der Waals surface area contributed by atoms with Gasteiger partial charge in [0, 0.05) is 13.3 Å². The molecule has 0 radical (unpaired) electrons. The normalized spacial score (nSPS) is 16.8. The quantitative estimate of drug-likeness (QED) is 0.805. The third-order valence-electron chi connectivity index (χ3n) is 4.30. The highest BCUT2D eigenvalue weighted by Crippen LogP contribution is 2.29. The van der Waals surface area contributed by atoms with Gasteiger partial charge in [0.05, 0.1) is 6.54 Å². The van der Waals surface area contributed by atoms with Crippen molar-refractivity contribution in [3.8, 4) is 5.75 Å². The minimum absolute atomic E-state index is 0. The predicted octanol–water partition coefficient (Wildman–Crippen LogP) is 1.11. The van der Waals surface area contributed by atoms with E-state index in [0.29, 0.717) is 39.1 Å². The van der Waals surface area contributed by atoms with Crippen LogP contribution in [0.1, 0.15) is 12.8 Å². The third-order valence-corrected chi connectivity index (χ3v) is 6.30. The molecule has 1 heterocycles. The van der Waals surface area contributed by atoms with Gasteiger partial charge in [0.15, 0.2) is 14.6 Å². The molecule has 8 heteroatoms. The third kappa shape index (κ3) is 4.62. The van der Waals surface area contributed by atoms with E-state index < -0.39 is 14.6 Å². The van der Waals surface area contributed by atoms with Crippen LogP contribution in [0, 0.1) is 0 Å². The molecule has 2 rings (SSSR count). The summed E-state index contributed by atoms with van der Waals surface area (Å²) < 4.78 is 28.8. The molecule has 1 aromatic carbocycles. The molecule has 0 aromatic heterocycles. The first kappa shape index (κ1) is 20.7. The zero-order valence-corrected chi connectivity index (χ0v) is 15.7. The standard InChI is InChI=1S/C16H24N2O4S.ClH/c1-18(12-13-22-14-6-4-3-5-7-14)15(19)16(23(2,20)21)8-10-17-11-9-16;/h3-7,17H,8-13H2,1-2H3;1H. The Hall–Kier alpha value is -1.31. The molecule has 1 amide bonds. The van der Waals surface area contributed by atoms with E-state index in [4.69, 9.17) is 4.74 Å². The van der Waals surface area contributed by atoms with Crippen LogP contribution in [0.15, 0.2) is 30.3 Å². The molecule has 1 saturated heterocycles. The Morgan fingerprint density at radius 2 is 1.83 bits per heavy atom. The Morgan fingerprint density at radius 1 is 1.25 bits per heavy atom. The van der Waals surface area contributed by atoms with Gasteiger partial charge in [0.25, 0.3) is 0 Å². The molecule has 0 aliphatic carbocycles. The fourth-order valence-electron chi connectivity index (χ4n) is 2.84. The zero-order chi connectivity index (χ0) is 16.9. The van der Waals surface area contributed by atoms with Crippen LogP contribution in [0.2, 0.25) is 0 Å². The number of nitrogens with zero attached hydrogens (tertiary/aromatic N) is 1. The van der Waals surface area contributed by atoms with E-state index in [1.807, 2.05) is 30.3 Å². The molecule has 1 aliphatic rings. The smallest absolute Gasteiger partial charge is 0.243 e. The number of likely N-dealkylation sites (N-methyl/N-ethyl adjacent to an activating group) is 1. The SMILES string of the molecule is CN(CCOc1ccccc1)C(=O)C1(S(C)(=O)=O)CCNCC1.Cl. The van der Waals surface area contributed by atoms with Crippen LogP contribution in [-0.2, 0) is 14.6 Å². The predicted molar refractivity (Wildman–Crippen MR) is 96.5 cm³/mol. The number of carbonyl (C=O) groups excluding carboxylic acids is 1. The minimum Gasteiger partial charge on any atom is -0.492 e. The number of para-hydroxylation sites is 1. The fourth-order valence-corrected chi connectivity index (χ4v) is 4.26. The van der Waals surface area contributed by atoms with Crippen molar-refractivity contribution in [2.45, 2.75) is 17.6 Å². The highest BCUT2D eigenvalue weighted by atomic mass is 35.5. The molecule has 0 atom stereocenters. The number of hydrogen-bond donors (Lipinski definition) is 1. The topological polar surface area (TPSA) is 75.7 Å². The van der Waals surface area contributed by atoms with Crippen LogP contribution in [0.5, 0.6) is 5.75 Å². The number of hydrogen-bond acceptors (Lipinski definition) is 5. The van der Waals surface area contributed by atoms with Crippen molar-refractivity contribution in [1.82, 2.24) is 10.2 Å². The van der Waals surface area contributed by atoms with Crippen LogP contribution < -0.4 is 10.1 Å². The maximum absolute atomic E-state index is 12.8. The lowest BCUT2D eigenvalue weighted by Crippen LogP contribution is -2.57. The number of ether oxygens (including phenoxy) is 1. The number of piperidine rings is 1. The van der Waals surface area contributed by atoms with Crippen molar-refractivity contribution in [3.63, 3.8) is 0 Å². The lowest BCUT2D eigenvalue weighted by molar-refractivity contribution is -0.133. The summed E-state index contributed by atoms with van der Waals surface area (Å²) in [5.74, 6) is 0.395. The van der Waals surface area contributed by atoms with Gasteiger partial charge in [-0.05, 0) is 38.1 Å². The summed E-state index contributed by atoms with van der Waals surface area (Å²) in [6.45, 7) is 1.74. The lowest BCUT2D eigenvalue weighted by atomic mass is 9.95. The van der Waals surface area contributed by atoms with Crippen LogP contribution >= 0.6 is 12.4 Å². The molecule has 0 saturated carbocycles. The van der Waals surface area contributed by atoms with Gasteiger partial charge >= 0.3 is 0 Å². The summed E-state index contributed by atoms with van der Waals surface area (Å²) in [5.41, 5.74) is 0. The number of nitrogens with one attached hydrogen (secondary N) is 1. The van der Waals surface area contributed by atoms with Gasteiger partial charge in [-0.1, -0.05) is 18.2 Å². The average molecular weight is 377 g/mol. The van der Waals surface area contributed by atoms with Gasteiger partial charge in [-0.15, -0.1) is 12.4 Å². The van der Waals surface area contributed by atoms with Crippen LogP contribution in [0.25, 0.3) is 0 Å². The van der Waals surface area contributed by atoms with Crippen LogP contribution in [0.4, 0.5) is 0 Å². The first-order valence-corrected chi connectivity index (χ1v) is 9.60. The van der Waals surface area contributed by atoms with Crippen molar-refractivity contribution in [2.24, 2.45) is 0 Å². The van der Waals surface area contributed by atoms with Gasteiger partial charge in [0.2, 0.25) is 5.91 Å². The van der Waals surface area contributed by atoms with Crippen molar-refractivity contribution >= 4 is 28.2 Å². The average Bonchev–Trinajstić information content (AvgIpc) is 2.54. The Kier molecular flexibility index (Phi) is 7.51. The highest BCUT2D eigenvalue weighted by Gasteiger charge is 2.49. The molecular weight excluding hydrogens is 352 g/mol. The molecule has 0 bridgehead atoms. The van der Waals surface area contributed by atoms with E-state index in [-0.39, 0.29) is 18.3 Å². The summed E-state index contributed by atoms with van der Waals surface area (Å²) in [6.07, 6.45) is 1.79. The second kappa shape index (κ2) is 8.69. The van der Waals surface area contributed by atoms with Crippen molar-refractivity contribution in [2.75, 3.05) is 39.5 Å². The number of sulfone groups is 1. The molecule has 0 unspecified atom stereocenters. The monoisotopic (exact) mass is 376 g/mol. The maximum atomic E-state index is 12.8. The first-order chi connectivity index (χ1) is 10.9. The van der Waals surface area contributed by atoms with E-state index in [1.54, 1.807) is 7.05 Å². The molecule has 6 nitrogen and oxygen atoms in total. The summed E-state index contributed by atoms with van der Waals surface area (Å²) in [4.78, 5) is 14.2. The first-order valence-electron chi connectivity index (χ1n) is 7.70. The summed E-state index contributed by atoms with van der Waals surface area (Å²) in [7, 11) is -1.85. The molecule has 1 aliphatic heterocycles. The van der Waals surface area contributed by atoms with E-state index in [9.17, 15) is 13.2 Å². The zero-order valence-electron chi connectivity index (χ0n) is 14.0. The lowest BCUT2D eigenvalue weighted by Gasteiger charge is -2.37. The Labute approximate surface area is 149 Å². The molecule has 1 aromatic rings. The maximum Gasteiger partial charge on any atom is 0.243 e. The highest BCUT2D eigenvalue weighted by molar-refractivity contribution is 7.92. The minimum atomic E-state index is -3.48. The van der Waals surface area contributed by atoms with Gasteiger partial charge in [0.1, 0.15) is 12.4 Å². The molecule has 0 spiro atoms. The number of carbonyl (C=O) groups is 1. The van der Waals surface area contributed by atoms with Crippen molar-refractivity contribution in [3.05, 3.63) is 30.3 Å². The van der Waals surface area contributed by atoms with Gasteiger partial charge in [-0.2, -0.15) is 0 Å². The molecule has 1 N–H and O–H groups in total. The number of amides is 1. The molecular formula is C16H25ClN2O4S. The largest absolute Gasteiger partial charge is 0.492 e. The Bertz CT molecular complexity index is 631. The van der Waals surface area contributed by atoms with Gasteiger partial charge in [-0.3, -0.25) is 4.79 Å².